The molecule has 20 heavy (non-hydrogen) atoms. The SMILES string of the molecule is COCCN(C)CCCC1CCN(C(=O)C(C)N)CC1. The fourth-order valence-corrected chi connectivity index (χ4v) is 2.74. The molecule has 1 aliphatic rings. The maximum atomic E-state index is 11.8. The van der Waals surface area contributed by atoms with Crippen molar-refractivity contribution in [1.82, 2.24) is 9.80 Å². The predicted molar refractivity (Wildman–Crippen MR) is 81.6 cm³/mol. The summed E-state index contributed by atoms with van der Waals surface area (Å²) in [5, 5.41) is 0. The van der Waals surface area contributed by atoms with Gasteiger partial charge in [-0.2, -0.15) is 0 Å². The van der Waals surface area contributed by atoms with E-state index in [2.05, 4.69) is 11.9 Å². The largest absolute Gasteiger partial charge is 0.383 e. The van der Waals surface area contributed by atoms with E-state index in [-0.39, 0.29) is 11.9 Å². The van der Waals surface area contributed by atoms with Crippen LogP contribution < -0.4 is 5.73 Å². The van der Waals surface area contributed by atoms with Gasteiger partial charge in [0.2, 0.25) is 5.91 Å². The number of amides is 1. The van der Waals surface area contributed by atoms with Gasteiger partial charge >= 0.3 is 0 Å². The molecule has 0 spiro atoms. The molecule has 0 saturated carbocycles. The zero-order valence-corrected chi connectivity index (χ0v) is 13.3. The maximum absolute atomic E-state index is 11.8. The second-order valence-electron chi connectivity index (χ2n) is 6.00. The third kappa shape index (κ3) is 6.20. The van der Waals surface area contributed by atoms with Crippen LogP contribution in [0.4, 0.5) is 0 Å². The summed E-state index contributed by atoms with van der Waals surface area (Å²) in [7, 11) is 3.88. The number of hydrogen-bond acceptors (Lipinski definition) is 4. The molecule has 0 aromatic heterocycles. The smallest absolute Gasteiger partial charge is 0.239 e. The van der Waals surface area contributed by atoms with Gasteiger partial charge in [0.1, 0.15) is 0 Å². The van der Waals surface area contributed by atoms with E-state index in [0.717, 1.165) is 51.5 Å². The molecule has 1 rings (SSSR count). The van der Waals surface area contributed by atoms with E-state index in [1.54, 1.807) is 14.0 Å². The van der Waals surface area contributed by atoms with Crippen LogP contribution in [0.15, 0.2) is 0 Å². The molecule has 1 atom stereocenters. The molecule has 0 bridgehead atoms. The first-order chi connectivity index (χ1) is 9.54. The molecule has 0 aromatic carbocycles. The Bertz CT molecular complexity index is 276. The standard InChI is InChI=1S/C15H31N3O2/c1-13(16)15(19)18-9-6-14(7-10-18)5-4-8-17(2)11-12-20-3/h13-14H,4-12,16H2,1-3H3. The lowest BCUT2D eigenvalue weighted by atomic mass is 9.92. The van der Waals surface area contributed by atoms with Gasteiger partial charge in [-0.1, -0.05) is 0 Å². The molecule has 1 heterocycles. The lowest BCUT2D eigenvalue weighted by Gasteiger charge is -2.33. The Balaban J connectivity index is 2.12. The van der Waals surface area contributed by atoms with E-state index < -0.39 is 0 Å². The van der Waals surface area contributed by atoms with Crippen molar-refractivity contribution in [3.8, 4) is 0 Å². The lowest BCUT2D eigenvalue weighted by Crippen LogP contribution is -2.45. The minimum Gasteiger partial charge on any atom is -0.383 e. The average Bonchev–Trinajstić information content (AvgIpc) is 2.45. The molecule has 1 unspecified atom stereocenters. The van der Waals surface area contributed by atoms with Crippen LogP contribution in [-0.4, -0.2) is 68.7 Å². The number of rotatable bonds is 8. The Morgan fingerprint density at radius 1 is 1.40 bits per heavy atom. The number of methoxy groups -OCH3 is 1. The zero-order valence-electron chi connectivity index (χ0n) is 13.3. The summed E-state index contributed by atoms with van der Waals surface area (Å²) < 4.78 is 5.07. The third-order valence-corrected chi connectivity index (χ3v) is 4.15. The highest BCUT2D eigenvalue weighted by Gasteiger charge is 2.24. The molecular weight excluding hydrogens is 254 g/mol. The van der Waals surface area contributed by atoms with Crippen LogP contribution in [-0.2, 0) is 9.53 Å². The summed E-state index contributed by atoms with van der Waals surface area (Å²) >= 11 is 0. The summed E-state index contributed by atoms with van der Waals surface area (Å²) in [5.41, 5.74) is 5.65. The summed E-state index contributed by atoms with van der Waals surface area (Å²) in [4.78, 5) is 16.0. The van der Waals surface area contributed by atoms with Crippen LogP contribution in [0.5, 0.6) is 0 Å². The summed E-state index contributed by atoms with van der Waals surface area (Å²) in [6.45, 7) is 6.45. The number of likely N-dealkylation sites (N-methyl/N-ethyl adjacent to an activating group) is 1. The number of carbonyl (C=O) groups is 1. The molecule has 5 nitrogen and oxygen atoms in total. The molecule has 0 aliphatic carbocycles. The quantitative estimate of drug-likeness (QED) is 0.721. The molecular formula is C15H31N3O2. The van der Waals surface area contributed by atoms with Gasteiger partial charge in [0.05, 0.1) is 12.6 Å². The van der Waals surface area contributed by atoms with Gasteiger partial charge in [0.25, 0.3) is 0 Å². The van der Waals surface area contributed by atoms with E-state index in [1.165, 1.54) is 12.8 Å². The Hall–Kier alpha value is -0.650. The second-order valence-corrected chi connectivity index (χ2v) is 6.00. The molecule has 0 radical (unpaired) electrons. The van der Waals surface area contributed by atoms with Crippen LogP contribution in [0.1, 0.15) is 32.6 Å². The van der Waals surface area contributed by atoms with Crippen LogP contribution in [0.2, 0.25) is 0 Å². The first-order valence-corrected chi connectivity index (χ1v) is 7.76. The second kappa shape index (κ2) is 9.32. The summed E-state index contributed by atoms with van der Waals surface area (Å²) in [5.74, 6) is 0.866. The van der Waals surface area contributed by atoms with Gasteiger partial charge in [-0.25, -0.2) is 0 Å². The fourth-order valence-electron chi connectivity index (χ4n) is 2.74. The van der Waals surface area contributed by atoms with Crippen molar-refractivity contribution < 1.29 is 9.53 Å². The minimum absolute atomic E-state index is 0.0998. The molecule has 118 valence electrons. The number of likely N-dealkylation sites (tertiary alicyclic amines) is 1. The monoisotopic (exact) mass is 285 g/mol. The van der Waals surface area contributed by atoms with Gasteiger partial charge in [-0.05, 0) is 52.1 Å². The fraction of sp³-hybridized carbons (Fsp3) is 0.933. The number of carbonyl (C=O) groups excluding carboxylic acids is 1. The van der Waals surface area contributed by atoms with Crippen molar-refractivity contribution in [3.63, 3.8) is 0 Å². The Labute approximate surface area is 123 Å². The van der Waals surface area contributed by atoms with E-state index in [0.29, 0.717) is 0 Å². The van der Waals surface area contributed by atoms with Crippen LogP contribution in [0, 0.1) is 5.92 Å². The van der Waals surface area contributed by atoms with Gasteiger partial charge < -0.3 is 20.3 Å². The van der Waals surface area contributed by atoms with Crippen molar-refractivity contribution in [3.05, 3.63) is 0 Å². The number of nitrogens with two attached hydrogens (primary N) is 1. The summed E-state index contributed by atoms with van der Waals surface area (Å²) in [6.07, 6.45) is 4.74. The molecule has 0 aromatic rings. The third-order valence-electron chi connectivity index (χ3n) is 4.15. The van der Waals surface area contributed by atoms with Crippen molar-refractivity contribution in [2.45, 2.75) is 38.6 Å². The Morgan fingerprint density at radius 3 is 2.60 bits per heavy atom. The van der Waals surface area contributed by atoms with Crippen LogP contribution >= 0.6 is 0 Å². The predicted octanol–water partition coefficient (Wildman–Crippen LogP) is 0.931. The van der Waals surface area contributed by atoms with Crippen molar-refractivity contribution >= 4 is 5.91 Å². The topological polar surface area (TPSA) is 58.8 Å². The highest BCUT2D eigenvalue weighted by atomic mass is 16.5. The number of ether oxygens (including phenoxy) is 1. The highest BCUT2D eigenvalue weighted by Crippen LogP contribution is 2.22. The number of piperidine rings is 1. The van der Waals surface area contributed by atoms with Crippen molar-refractivity contribution in [2.24, 2.45) is 11.7 Å². The van der Waals surface area contributed by atoms with Crippen LogP contribution in [0.25, 0.3) is 0 Å². The van der Waals surface area contributed by atoms with E-state index >= 15 is 0 Å². The molecule has 1 aliphatic heterocycles. The number of nitrogens with zero attached hydrogens (tertiary/aromatic N) is 2. The minimum atomic E-state index is -0.360. The normalized spacial score (nSPS) is 18.6. The van der Waals surface area contributed by atoms with E-state index in [9.17, 15) is 4.79 Å². The summed E-state index contributed by atoms with van der Waals surface area (Å²) in [6, 6.07) is -0.360. The van der Waals surface area contributed by atoms with Gasteiger partial charge in [-0.15, -0.1) is 0 Å². The molecule has 1 saturated heterocycles. The molecule has 1 fully saturated rings. The highest BCUT2D eigenvalue weighted by molar-refractivity contribution is 5.81. The van der Waals surface area contributed by atoms with Gasteiger partial charge in [0.15, 0.2) is 0 Å². The average molecular weight is 285 g/mol. The molecule has 5 heteroatoms. The van der Waals surface area contributed by atoms with Gasteiger partial charge in [0, 0.05) is 26.7 Å². The Morgan fingerprint density at radius 2 is 2.05 bits per heavy atom. The maximum Gasteiger partial charge on any atom is 0.239 e. The van der Waals surface area contributed by atoms with Crippen molar-refractivity contribution in [2.75, 3.05) is 46.9 Å². The van der Waals surface area contributed by atoms with Crippen molar-refractivity contribution in [1.29, 1.82) is 0 Å². The first kappa shape index (κ1) is 17.4. The van der Waals surface area contributed by atoms with Gasteiger partial charge in [-0.3, -0.25) is 4.79 Å². The number of hydrogen-bond donors (Lipinski definition) is 1. The molecule has 2 N–H and O–H groups in total. The van der Waals surface area contributed by atoms with E-state index in [1.807, 2.05) is 4.90 Å². The zero-order chi connectivity index (χ0) is 15.0. The van der Waals surface area contributed by atoms with E-state index in [4.69, 9.17) is 10.5 Å². The Kier molecular flexibility index (Phi) is 8.11. The van der Waals surface area contributed by atoms with Crippen LogP contribution in [0.3, 0.4) is 0 Å². The first-order valence-electron chi connectivity index (χ1n) is 7.76. The lowest BCUT2D eigenvalue weighted by molar-refractivity contribution is -0.133. The molecule has 1 amide bonds.